The monoisotopic (exact) mass is 456 g/mol. The first kappa shape index (κ1) is 21.2. The minimum Gasteiger partial charge on any atom is -0.350 e. The van der Waals surface area contributed by atoms with E-state index in [0.717, 1.165) is 11.3 Å². The fourth-order valence-corrected chi connectivity index (χ4v) is 3.80. The van der Waals surface area contributed by atoms with Gasteiger partial charge in [0.2, 0.25) is 0 Å². The third kappa shape index (κ3) is 4.65. The predicted molar refractivity (Wildman–Crippen MR) is 120 cm³/mol. The molecule has 158 valence electrons. The molecule has 1 N–H and O–H groups in total. The molecule has 0 aliphatic rings. The van der Waals surface area contributed by atoms with Crippen LogP contribution in [0.3, 0.4) is 0 Å². The average Bonchev–Trinajstić information content (AvgIpc) is 3.36. The van der Waals surface area contributed by atoms with Crippen molar-refractivity contribution in [2.45, 2.75) is 6.42 Å². The smallest absolute Gasteiger partial charge is 0.270 e. The van der Waals surface area contributed by atoms with Gasteiger partial charge in [-0.3, -0.25) is 4.79 Å². The molecule has 2 aromatic heterocycles. The molecule has 0 radical (unpaired) electrons. The maximum atomic E-state index is 13.4. The van der Waals surface area contributed by atoms with E-state index in [4.69, 9.17) is 23.2 Å². The summed E-state index contributed by atoms with van der Waals surface area (Å²) in [5.74, 6) is -0.647. The summed E-state index contributed by atoms with van der Waals surface area (Å²) in [5.41, 5.74) is 3.34. The van der Waals surface area contributed by atoms with Crippen molar-refractivity contribution >= 4 is 29.1 Å². The minimum atomic E-state index is -0.357. The van der Waals surface area contributed by atoms with Gasteiger partial charge in [-0.05, 0) is 66.6 Å². The van der Waals surface area contributed by atoms with Crippen molar-refractivity contribution in [3.8, 4) is 17.1 Å². The number of halogens is 3. The number of amides is 1. The van der Waals surface area contributed by atoms with Crippen molar-refractivity contribution in [3.05, 3.63) is 94.0 Å². The van der Waals surface area contributed by atoms with Crippen LogP contribution in [0.2, 0.25) is 10.0 Å². The first-order chi connectivity index (χ1) is 14.9. The maximum absolute atomic E-state index is 13.4. The number of benzene rings is 2. The van der Waals surface area contributed by atoms with E-state index in [1.807, 2.05) is 36.0 Å². The number of aryl methyl sites for hydroxylation is 1. The molecule has 5 nitrogen and oxygen atoms in total. The van der Waals surface area contributed by atoms with Gasteiger partial charge in [0, 0.05) is 29.8 Å². The van der Waals surface area contributed by atoms with E-state index in [-0.39, 0.29) is 11.7 Å². The van der Waals surface area contributed by atoms with Crippen LogP contribution in [-0.4, -0.2) is 26.8 Å². The summed E-state index contributed by atoms with van der Waals surface area (Å²) < 4.78 is 16.8. The summed E-state index contributed by atoms with van der Waals surface area (Å²) in [7, 11) is 1.90. The molecular weight excluding hydrogens is 438 g/mol. The molecule has 8 heteroatoms. The molecule has 2 heterocycles. The first-order valence-electron chi connectivity index (χ1n) is 9.62. The van der Waals surface area contributed by atoms with E-state index in [1.54, 1.807) is 30.3 Å². The van der Waals surface area contributed by atoms with Gasteiger partial charge in [0.25, 0.3) is 5.91 Å². The molecule has 0 fully saturated rings. The zero-order valence-corrected chi connectivity index (χ0v) is 18.2. The van der Waals surface area contributed by atoms with Crippen LogP contribution < -0.4 is 5.32 Å². The van der Waals surface area contributed by atoms with Crippen molar-refractivity contribution in [1.82, 2.24) is 19.7 Å². The number of rotatable bonds is 6. The van der Waals surface area contributed by atoms with Gasteiger partial charge < -0.3 is 9.88 Å². The lowest BCUT2D eigenvalue weighted by Gasteiger charge is -2.09. The normalized spacial score (nSPS) is 11.0. The molecule has 31 heavy (non-hydrogen) atoms. The highest BCUT2D eigenvalue weighted by molar-refractivity contribution is 6.35. The van der Waals surface area contributed by atoms with Gasteiger partial charge in [0.1, 0.15) is 17.2 Å². The fourth-order valence-electron chi connectivity index (χ4n) is 3.30. The Labute approximate surface area is 189 Å². The Morgan fingerprint density at radius 3 is 2.55 bits per heavy atom. The first-order valence-corrected chi connectivity index (χ1v) is 10.4. The molecule has 0 bridgehead atoms. The second-order valence-corrected chi connectivity index (χ2v) is 7.89. The summed E-state index contributed by atoms with van der Waals surface area (Å²) in [6.07, 6.45) is 2.46. The maximum Gasteiger partial charge on any atom is 0.270 e. The van der Waals surface area contributed by atoms with Crippen LogP contribution in [0.1, 0.15) is 16.1 Å². The van der Waals surface area contributed by atoms with Crippen molar-refractivity contribution in [1.29, 1.82) is 0 Å². The van der Waals surface area contributed by atoms with Crippen molar-refractivity contribution in [2.24, 2.45) is 7.05 Å². The van der Waals surface area contributed by atoms with E-state index in [0.29, 0.717) is 40.1 Å². The third-order valence-corrected chi connectivity index (χ3v) is 5.50. The number of nitrogens with one attached hydrogen (secondary N) is 1. The van der Waals surface area contributed by atoms with Crippen LogP contribution in [0.15, 0.2) is 66.9 Å². The third-order valence-electron chi connectivity index (χ3n) is 4.91. The lowest BCUT2D eigenvalue weighted by molar-refractivity contribution is 0.0946. The van der Waals surface area contributed by atoms with E-state index in [2.05, 4.69) is 10.4 Å². The molecule has 0 aliphatic carbocycles. The number of hydrogen-bond acceptors (Lipinski definition) is 2. The summed E-state index contributed by atoms with van der Waals surface area (Å²) in [5, 5.41) is 8.64. The standard InChI is InChI=1S/C23H19Cl2FN4O/c1-29-12-2-3-21(29)20-14-22(30(28-20)18-8-6-17(26)7-9-18)23(31)27-11-10-15-4-5-16(24)13-19(15)25/h2-9,12-14H,10-11H2,1H3,(H,27,31). The molecule has 0 aliphatic heterocycles. The zero-order valence-electron chi connectivity index (χ0n) is 16.6. The van der Waals surface area contributed by atoms with Crippen molar-refractivity contribution in [3.63, 3.8) is 0 Å². The van der Waals surface area contributed by atoms with Crippen LogP contribution in [-0.2, 0) is 13.5 Å². The van der Waals surface area contributed by atoms with Crippen LogP contribution in [0, 0.1) is 5.82 Å². The predicted octanol–water partition coefficient (Wildman–Crippen LogP) is 5.30. The molecule has 0 unspecified atom stereocenters. The van der Waals surface area contributed by atoms with Gasteiger partial charge in [-0.2, -0.15) is 5.10 Å². The number of carbonyl (C=O) groups is 1. The Morgan fingerprint density at radius 2 is 1.87 bits per heavy atom. The highest BCUT2D eigenvalue weighted by Crippen LogP contribution is 2.23. The van der Waals surface area contributed by atoms with Gasteiger partial charge in [-0.15, -0.1) is 0 Å². The van der Waals surface area contributed by atoms with Crippen molar-refractivity contribution in [2.75, 3.05) is 6.54 Å². The Bertz CT molecular complexity index is 1230. The molecule has 4 aromatic rings. The molecule has 0 saturated carbocycles. The van der Waals surface area contributed by atoms with Crippen LogP contribution in [0.4, 0.5) is 4.39 Å². The molecule has 0 saturated heterocycles. The summed E-state index contributed by atoms with van der Waals surface area (Å²) >= 11 is 12.1. The van der Waals surface area contributed by atoms with E-state index in [9.17, 15) is 9.18 Å². The van der Waals surface area contributed by atoms with Crippen LogP contribution in [0.25, 0.3) is 17.1 Å². The number of aromatic nitrogens is 3. The number of nitrogens with zero attached hydrogens (tertiary/aromatic N) is 3. The fraction of sp³-hybridized carbons (Fsp3) is 0.130. The molecule has 0 spiro atoms. The molecule has 2 aromatic carbocycles. The Hall–Kier alpha value is -3.09. The highest BCUT2D eigenvalue weighted by Gasteiger charge is 2.18. The summed E-state index contributed by atoms with van der Waals surface area (Å²) in [6.45, 7) is 0.383. The molecule has 1 amide bonds. The van der Waals surface area contributed by atoms with Gasteiger partial charge in [-0.25, -0.2) is 9.07 Å². The van der Waals surface area contributed by atoms with Crippen LogP contribution >= 0.6 is 23.2 Å². The zero-order chi connectivity index (χ0) is 22.0. The number of hydrogen-bond donors (Lipinski definition) is 1. The second-order valence-electron chi connectivity index (χ2n) is 7.05. The Balaban J connectivity index is 1.59. The molecular formula is C23H19Cl2FN4O. The highest BCUT2D eigenvalue weighted by atomic mass is 35.5. The largest absolute Gasteiger partial charge is 0.350 e. The van der Waals surface area contributed by atoms with E-state index >= 15 is 0 Å². The van der Waals surface area contributed by atoms with Crippen molar-refractivity contribution < 1.29 is 9.18 Å². The van der Waals surface area contributed by atoms with Gasteiger partial charge >= 0.3 is 0 Å². The minimum absolute atomic E-state index is 0.289. The van der Waals surface area contributed by atoms with Gasteiger partial charge in [0.15, 0.2) is 0 Å². The average molecular weight is 457 g/mol. The molecule has 4 rings (SSSR count). The Morgan fingerprint density at radius 1 is 1.10 bits per heavy atom. The van der Waals surface area contributed by atoms with Crippen LogP contribution in [0.5, 0.6) is 0 Å². The quantitative estimate of drug-likeness (QED) is 0.428. The molecule has 0 atom stereocenters. The second kappa shape index (κ2) is 8.96. The Kier molecular flexibility index (Phi) is 6.11. The van der Waals surface area contributed by atoms with Gasteiger partial charge in [0.05, 0.1) is 11.4 Å². The topological polar surface area (TPSA) is 51.9 Å². The van der Waals surface area contributed by atoms with E-state index < -0.39 is 0 Å². The number of carbonyl (C=O) groups excluding carboxylic acids is 1. The lowest BCUT2D eigenvalue weighted by atomic mass is 10.1. The summed E-state index contributed by atoms with van der Waals surface area (Å²) in [4.78, 5) is 13.0. The van der Waals surface area contributed by atoms with Gasteiger partial charge in [-0.1, -0.05) is 29.3 Å². The SMILES string of the molecule is Cn1cccc1-c1cc(C(=O)NCCc2ccc(Cl)cc2Cl)n(-c2ccc(F)cc2)n1. The summed E-state index contributed by atoms with van der Waals surface area (Å²) in [6, 6.07) is 16.7. The van der Waals surface area contributed by atoms with E-state index in [1.165, 1.54) is 16.8 Å². The lowest BCUT2D eigenvalue weighted by Crippen LogP contribution is -2.27.